The van der Waals surface area contributed by atoms with Crippen molar-refractivity contribution in [2.45, 2.75) is 129 Å². The number of aryl methyl sites for hydroxylation is 2. The fourth-order valence-electron chi connectivity index (χ4n) is 6.10. The first-order chi connectivity index (χ1) is 26.4. The highest BCUT2D eigenvalue weighted by molar-refractivity contribution is 9.11. The summed E-state index contributed by atoms with van der Waals surface area (Å²) in [6.45, 7) is 5.12. The van der Waals surface area contributed by atoms with Gasteiger partial charge in [-0.3, -0.25) is 0 Å². The SMILES string of the molecule is CCCCCCCCCCNS(=O)(=O)CCc1nc(-c2c(F)c(F)c(-c3nc(CCS(=O)(=O)NCCCCCCCCCC)c(Br)s3)c3nsnc23)sc1Br. The van der Waals surface area contributed by atoms with Crippen molar-refractivity contribution >= 4 is 97.3 Å². The number of sulfonamides is 2. The van der Waals surface area contributed by atoms with E-state index < -0.39 is 31.7 Å². The first-order valence-corrected chi connectivity index (χ1v) is 26.5. The van der Waals surface area contributed by atoms with Crippen molar-refractivity contribution < 1.29 is 25.6 Å². The highest BCUT2D eigenvalue weighted by atomic mass is 79.9. The summed E-state index contributed by atoms with van der Waals surface area (Å²) in [6, 6.07) is 0. The normalized spacial score (nSPS) is 12.4. The Labute approximate surface area is 354 Å². The van der Waals surface area contributed by atoms with Crippen molar-refractivity contribution in [2.75, 3.05) is 24.6 Å². The summed E-state index contributed by atoms with van der Waals surface area (Å²) < 4.78 is 97.8. The number of benzene rings is 1. The molecular weight excluding hydrogens is 939 g/mol. The Morgan fingerprint density at radius 3 is 1.27 bits per heavy atom. The van der Waals surface area contributed by atoms with Gasteiger partial charge in [0.1, 0.15) is 21.0 Å². The van der Waals surface area contributed by atoms with Crippen LogP contribution in [0.3, 0.4) is 0 Å². The van der Waals surface area contributed by atoms with Crippen LogP contribution in [0.4, 0.5) is 8.78 Å². The van der Waals surface area contributed by atoms with Gasteiger partial charge in [-0.1, -0.05) is 104 Å². The van der Waals surface area contributed by atoms with Gasteiger partial charge in [0.2, 0.25) is 20.0 Å². The molecular formula is C36H52Br2F2N6O4S5. The molecule has 4 aromatic rings. The summed E-state index contributed by atoms with van der Waals surface area (Å²) in [6.07, 6.45) is 18.0. The molecule has 0 spiro atoms. The molecule has 0 fully saturated rings. The van der Waals surface area contributed by atoms with Crippen LogP contribution in [-0.4, -0.2) is 60.1 Å². The standard InChI is InChI=1S/C36H52Br2F2N6O4S5/c1-3-5-7-9-11-13-15-17-21-41-54(47,48)23-19-25-33(37)51-35(43-25)27-29(39)30(40)28(32-31(27)45-53-46-32)36-44-26(34(38)52-36)20-24-55(49,50)42-22-18-16-14-12-10-8-6-4-2/h41-42H,3-24H2,1-2H3. The second-order valence-corrected chi connectivity index (χ2v) is 22.7. The van der Waals surface area contributed by atoms with Gasteiger partial charge in [-0.05, 0) is 44.7 Å². The predicted molar refractivity (Wildman–Crippen MR) is 231 cm³/mol. The van der Waals surface area contributed by atoms with Gasteiger partial charge in [-0.15, -0.1) is 22.7 Å². The second kappa shape index (κ2) is 23.5. The first-order valence-electron chi connectivity index (χ1n) is 19.3. The largest absolute Gasteiger partial charge is 0.240 e. The number of thiazole rings is 2. The Morgan fingerprint density at radius 1 is 0.564 bits per heavy atom. The molecule has 0 aliphatic rings. The van der Waals surface area contributed by atoms with E-state index in [2.05, 4.69) is 73.9 Å². The third kappa shape index (κ3) is 14.6. The lowest BCUT2D eigenvalue weighted by Crippen LogP contribution is -2.28. The zero-order chi connectivity index (χ0) is 39.8. The van der Waals surface area contributed by atoms with Gasteiger partial charge in [-0.2, -0.15) is 8.75 Å². The lowest BCUT2D eigenvalue weighted by Gasteiger charge is -2.07. The number of aromatic nitrogens is 4. The lowest BCUT2D eigenvalue weighted by atomic mass is 10.1. The molecule has 0 saturated carbocycles. The Balaban J connectivity index is 1.37. The number of rotatable bonds is 28. The molecule has 0 radical (unpaired) electrons. The minimum absolute atomic E-state index is 0.0742. The van der Waals surface area contributed by atoms with Crippen LogP contribution in [-0.2, 0) is 32.9 Å². The van der Waals surface area contributed by atoms with E-state index in [1.54, 1.807) is 0 Å². The molecule has 308 valence electrons. The Hall–Kier alpha value is -1.06. The van der Waals surface area contributed by atoms with E-state index in [0.29, 0.717) is 32.1 Å². The molecule has 0 aliphatic carbocycles. The molecule has 0 aliphatic heterocycles. The van der Waals surface area contributed by atoms with Crippen LogP contribution in [0.2, 0.25) is 0 Å². The van der Waals surface area contributed by atoms with Crippen molar-refractivity contribution in [3.8, 4) is 21.1 Å². The smallest absolute Gasteiger partial charge is 0.211 e. The molecule has 10 nitrogen and oxygen atoms in total. The maximum absolute atomic E-state index is 16.0. The summed E-state index contributed by atoms with van der Waals surface area (Å²) >= 11 is 9.79. The van der Waals surface area contributed by atoms with Crippen LogP contribution in [0.5, 0.6) is 0 Å². The van der Waals surface area contributed by atoms with Crippen molar-refractivity contribution in [1.82, 2.24) is 28.2 Å². The molecule has 2 N–H and O–H groups in total. The van der Waals surface area contributed by atoms with Crippen molar-refractivity contribution in [1.29, 1.82) is 0 Å². The maximum atomic E-state index is 16.0. The van der Waals surface area contributed by atoms with Crippen LogP contribution in [0.15, 0.2) is 7.57 Å². The summed E-state index contributed by atoms with van der Waals surface area (Å²) in [5.74, 6) is -2.76. The van der Waals surface area contributed by atoms with E-state index in [0.717, 1.165) is 72.9 Å². The van der Waals surface area contributed by atoms with E-state index in [1.807, 2.05) is 0 Å². The topological polar surface area (TPSA) is 144 Å². The maximum Gasteiger partial charge on any atom is 0.211 e. The molecule has 55 heavy (non-hydrogen) atoms. The average molecular weight is 991 g/mol. The van der Waals surface area contributed by atoms with E-state index in [4.69, 9.17) is 0 Å². The van der Waals surface area contributed by atoms with Crippen LogP contribution in [0.25, 0.3) is 32.2 Å². The number of nitrogens with one attached hydrogen (secondary N) is 2. The molecule has 0 unspecified atom stereocenters. The quantitative estimate of drug-likeness (QED) is 0.0536. The molecule has 1 aromatic carbocycles. The molecule has 19 heteroatoms. The summed E-state index contributed by atoms with van der Waals surface area (Å²) in [4.78, 5) is 9.02. The summed E-state index contributed by atoms with van der Waals surface area (Å²) in [5.41, 5.74) is 0.699. The van der Waals surface area contributed by atoms with Crippen LogP contribution in [0, 0.1) is 11.6 Å². The molecule has 0 saturated heterocycles. The number of hydrogen-bond acceptors (Lipinski definition) is 11. The fourth-order valence-corrected chi connectivity index (χ4v) is 12.0. The summed E-state index contributed by atoms with van der Waals surface area (Å²) in [7, 11) is -7.13. The van der Waals surface area contributed by atoms with Gasteiger partial charge < -0.3 is 0 Å². The zero-order valence-corrected chi connectivity index (χ0v) is 38.8. The van der Waals surface area contributed by atoms with Gasteiger partial charge in [0, 0.05) is 25.9 Å². The molecule has 3 heterocycles. The lowest BCUT2D eigenvalue weighted by molar-refractivity contribution is 0.515. The highest BCUT2D eigenvalue weighted by Gasteiger charge is 2.29. The van der Waals surface area contributed by atoms with Gasteiger partial charge in [0.15, 0.2) is 11.6 Å². The highest BCUT2D eigenvalue weighted by Crippen LogP contribution is 2.44. The van der Waals surface area contributed by atoms with Gasteiger partial charge in [0.25, 0.3) is 0 Å². The van der Waals surface area contributed by atoms with Gasteiger partial charge in [0.05, 0.1) is 53.3 Å². The fraction of sp³-hybridized carbons (Fsp3) is 0.667. The first kappa shape index (κ1) is 46.6. The molecule has 0 amide bonds. The number of unbranched alkanes of at least 4 members (excludes halogenated alkanes) is 14. The third-order valence-electron chi connectivity index (χ3n) is 9.24. The molecule has 0 bridgehead atoms. The van der Waals surface area contributed by atoms with Gasteiger partial charge >= 0.3 is 0 Å². The van der Waals surface area contributed by atoms with Gasteiger partial charge in [-0.25, -0.2) is 45.0 Å². The van der Waals surface area contributed by atoms with Crippen molar-refractivity contribution in [2.24, 2.45) is 0 Å². The van der Waals surface area contributed by atoms with Crippen molar-refractivity contribution in [3.05, 3.63) is 30.6 Å². The van der Waals surface area contributed by atoms with Crippen LogP contribution >= 0.6 is 66.3 Å². The van der Waals surface area contributed by atoms with E-state index in [-0.39, 0.29) is 56.5 Å². The summed E-state index contributed by atoms with van der Waals surface area (Å²) in [5, 5.41) is 0.273. The van der Waals surface area contributed by atoms with E-state index in [1.165, 1.54) is 64.2 Å². The van der Waals surface area contributed by atoms with E-state index in [9.17, 15) is 16.8 Å². The zero-order valence-electron chi connectivity index (χ0n) is 31.5. The molecule has 3 aromatic heterocycles. The number of nitrogens with zero attached hydrogens (tertiary/aromatic N) is 4. The van der Waals surface area contributed by atoms with Crippen LogP contribution < -0.4 is 9.44 Å². The van der Waals surface area contributed by atoms with Crippen LogP contribution in [0.1, 0.15) is 128 Å². The third-order valence-corrected chi connectivity index (χ3v) is 16.2. The second-order valence-electron chi connectivity index (χ2n) is 13.7. The Kier molecular flexibility index (Phi) is 19.9. The number of halogens is 4. The predicted octanol–water partition coefficient (Wildman–Crippen LogP) is 10.9. The Morgan fingerprint density at radius 2 is 0.909 bits per heavy atom. The molecule has 4 rings (SSSR count). The minimum Gasteiger partial charge on any atom is -0.240 e. The van der Waals surface area contributed by atoms with E-state index >= 15 is 8.78 Å². The number of fused-ring (bicyclic) bond motifs is 1. The number of hydrogen-bond donors (Lipinski definition) is 2. The minimum atomic E-state index is -3.57. The Bertz CT molecular complexity index is 1890. The monoisotopic (exact) mass is 988 g/mol. The van der Waals surface area contributed by atoms with Crippen molar-refractivity contribution in [3.63, 3.8) is 0 Å². The average Bonchev–Trinajstić information content (AvgIpc) is 3.87. The molecule has 0 atom stereocenters.